The Morgan fingerprint density at radius 3 is 2.19 bits per heavy atom. The van der Waals surface area contributed by atoms with Crippen LogP contribution in [0.1, 0.15) is 19.8 Å². The number of ether oxygens (including phenoxy) is 1. The van der Waals surface area contributed by atoms with E-state index >= 15 is 0 Å². The molecular formula is C16H26N2O9. The molecule has 2 atom stereocenters. The molecule has 0 saturated heterocycles. The van der Waals surface area contributed by atoms with Gasteiger partial charge in [-0.3, -0.25) is 19.3 Å². The molecular weight excluding hydrogens is 364 g/mol. The van der Waals surface area contributed by atoms with Gasteiger partial charge in [-0.25, -0.2) is 4.79 Å². The Morgan fingerprint density at radius 1 is 1.11 bits per heavy atom. The maximum absolute atomic E-state index is 11.5. The number of hydrogen-bond acceptors (Lipinski definition) is 8. The van der Waals surface area contributed by atoms with Crippen molar-refractivity contribution in [2.24, 2.45) is 0 Å². The number of aliphatic carboxylic acids is 3. The molecule has 5 N–H and O–H groups in total. The maximum atomic E-state index is 11.5. The van der Waals surface area contributed by atoms with Gasteiger partial charge in [0.1, 0.15) is 12.6 Å². The van der Waals surface area contributed by atoms with E-state index in [1.165, 1.54) is 11.8 Å². The number of hydrogen-bond donors (Lipinski definition) is 5. The molecule has 0 aliphatic heterocycles. The number of carboxylic acid groups (broad SMARTS) is 3. The minimum absolute atomic E-state index is 0.0174. The van der Waals surface area contributed by atoms with Crippen molar-refractivity contribution in [1.82, 2.24) is 10.2 Å². The fourth-order valence-electron chi connectivity index (χ4n) is 2.09. The average Bonchev–Trinajstić information content (AvgIpc) is 2.57. The molecule has 0 heterocycles. The number of rotatable bonds is 15. The van der Waals surface area contributed by atoms with Gasteiger partial charge >= 0.3 is 23.9 Å². The van der Waals surface area contributed by atoms with E-state index in [9.17, 15) is 24.3 Å². The van der Waals surface area contributed by atoms with Gasteiger partial charge in [-0.05, 0) is 6.92 Å². The molecule has 0 aromatic rings. The average molecular weight is 390 g/mol. The summed E-state index contributed by atoms with van der Waals surface area (Å²) in [4.78, 5) is 45.5. The van der Waals surface area contributed by atoms with Crippen molar-refractivity contribution in [3.8, 4) is 0 Å². The van der Waals surface area contributed by atoms with Gasteiger partial charge in [0.15, 0.2) is 0 Å². The van der Waals surface area contributed by atoms with Gasteiger partial charge in [0, 0.05) is 25.2 Å². The van der Waals surface area contributed by atoms with Crippen LogP contribution in [0.5, 0.6) is 0 Å². The second-order valence-electron chi connectivity index (χ2n) is 5.84. The molecule has 0 spiro atoms. The van der Waals surface area contributed by atoms with Crippen LogP contribution in [0.2, 0.25) is 0 Å². The Morgan fingerprint density at radius 2 is 1.74 bits per heavy atom. The predicted molar refractivity (Wildman–Crippen MR) is 92.2 cm³/mol. The van der Waals surface area contributed by atoms with E-state index in [-0.39, 0.29) is 38.2 Å². The molecule has 0 aromatic carbocycles. The lowest BCUT2D eigenvalue weighted by molar-refractivity contribution is -0.146. The van der Waals surface area contributed by atoms with Crippen molar-refractivity contribution >= 4 is 23.9 Å². The van der Waals surface area contributed by atoms with E-state index in [2.05, 4.69) is 11.9 Å². The summed E-state index contributed by atoms with van der Waals surface area (Å²) in [5.74, 6) is -4.34. The van der Waals surface area contributed by atoms with Crippen LogP contribution in [0.3, 0.4) is 0 Å². The summed E-state index contributed by atoms with van der Waals surface area (Å²) in [5, 5.41) is 38.6. The van der Waals surface area contributed by atoms with Crippen LogP contribution in [-0.2, 0) is 23.9 Å². The molecule has 0 aromatic heterocycles. The zero-order chi connectivity index (χ0) is 21.0. The smallest absolute Gasteiger partial charge is 0.333 e. The van der Waals surface area contributed by atoms with Gasteiger partial charge < -0.3 is 30.5 Å². The van der Waals surface area contributed by atoms with E-state index in [1.807, 2.05) is 0 Å². The minimum atomic E-state index is -1.33. The topological polar surface area (TPSA) is 174 Å². The first-order valence-corrected chi connectivity index (χ1v) is 8.15. The van der Waals surface area contributed by atoms with Crippen LogP contribution < -0.4 is 5.32 Å². The van der Waals surface area contributed by atoms with Gasteiger partial charge in [0.25, 0.3) is 0 Å². The molecule has 0 amide bonds. The third-order valence-electron chi connectivity index (χ3n) is 3.56. The quantitative estimate of drug-likeness (QED) is 0.167. The van der Waals surface area contributed by atoms with Crippen LogP contribution in [0.4, 0.5) is 0 Å². The van der Waals surface area contributed by atoms with E-state index in [0.29, 0.717) is 0 Å². The standard InChI is InChI=1S/C16H26N2O9/c1-10(2)16(26)27-9-11(8-19)18(5-3-13(20)21)6-4-17-12(15(24)25)7-14(22)23/h11-12,17,19H,1,3-9H2,2H3,(H,20,21)(H,22,23)(H,24,25). The molecule has 154 valence electrons. The highest BCUT2D eigenvalue weighted by molar-refractivity contribution is 5.86. The molecule has 0 aliphatic rings. The fourth-order valence-corrected chi connectivity index (χ4v) is 2.09. The van der Waals surface area contributed by atoms with Crippen LogP contribution in [0, 0.1) is 0 Å². The summed E-state index contributed by atoms with van der Waals surface area (Å²) in [6, 6.07) is -2.02. The van der Waals surface area contributed by atoms with Crippen molar-refractivity contribution in [2.45, 2.75) is 31.8 Å². The SMILES string of the molecule is C=C(C)C(=O)OCC(CO)N(CCNC(CC(=O)O)C(=O)O)CCC(=O)O. The molecule has 0 radical (unpaired) electrons. The summed E-state index contributed by atoms with van der Waals surface area (Å²) < 4.78 is 4.98. The first-order chi connectivity index (χ1) is 12.6. The summed E-state index contributed by atoms with van der Waals surface area (Å²) in [6.07, 6.45) is -0.869. The van der Waals surface area contributed by atoms with Gasteiger partial charge in [0.2, 0.25) is 0 Å². The Balaban J connectivity index is 4.86. The van der Waals surface area contributed by atoms with Crippen LogP contribution in [-0.4, -0.2) is 94.1 Å². The van der Waals surface area contributed by atoms with Crippen LogP contribution >= 0.6 is 0 Å². The summed E-state index contributed by atoms with van der Waals surface area (Å²) in [6.45, 7) is 4.39. The van der Waals surface area contributed by atoms with Gasteiger partial charge in [0.05, 0.1) is 25.5 Å². The lowest BCUT2D eigenvalue weighted by Crippen LogP contribution is -2.48. The number of aliphatic hydroxyl groups excluding tert-OH is 1. The molecule has 11 nitrogen and oxygen atoms in total. The third kappa shape index (κ3) is 10.9. The highest BCUT2D eigenvalue weighted by atomic mass is 16.5. The normalized spacial score (nSPS) is 13.0. The Kier molecular flexibility index (Phi) is 11.6. The van der Waals surface area contributed by atoms with E-state index in [1.54, 1.807) is 0 Å². The van der Waals surface area contributed by atoms with Crippen molar-refractivity contribution in [3.63, 3.8) is 0 Å². The van der Waals surface area contributed by atoms with E-state index < -0.39 is 49.0 Å². The zero-order valence-corrected chi connectivity index (χ0v) is 15.1. The number of nitrogens with one attached hydrogen (secondary N) is 1. The lowest BCUT2D eigenvalue weighted by atomic mass is 10.2. The zero-order valence-electron chi connectivity index (χ0n) is 15.1. The summed E-state index contributed by atoms with van der Waals surface area (Å²) in [5.41, 5.74) is 0.170. The number of esters is 1. The molecule has 0 rings (SSSR count). The number of nitrogens with zero attached hydrogens (tertiary/aromatic N) is 1. The predicted octanol–water partition coefficient (Wildman–Crippen LogP) is -1.24. The monoisotopic (exact) mass is 390 g/mol. The molecule has 0 saturated carbocycles. The van der Waals surface area contributed by atoms with Gasteiger partial charge in [-0.2, -0.15) is 0 Å². The molecule has 2 unspecified atom stereocenters. The Hall–Kier alpha value is -2.50. The van der Waals surface area contributed by atoms with Crippen LogP contribution in [0.25, 0.3) is 0 Å². The molecule has 0 bridgehead atoms. The highest BCUT2D eigenvalue weighted by Gasteiger charge is 2.23. The largest absolute Gasteiger partial charge is 0.481 e. The molecule has 0 fully saturated rings. The first-order valence-electron chi connectivity index (χ1n) is 8.15. The van der Waals surface area contributed by atoms with E-state index in [0.717, 1.165) is 0 Å². The second kappa shape index (κ2) is 12.8. The van der Waals surface area contributed by atoms with Crippen molar-refractivity contribution < 1.29 is 44.3 Å². The molecule has 11 heteroatoms. The molecule has 27 heavy (non-hydrogen) atoms. The Labute approximate surface area is 156 Å². The number of carbonyl (C=O) groups is 4. The van der Waals surface area contributed by atoms with Crippen molar-refractivity contribution in [1.29, 1.82) is 0 Å². The number of aliphatic hydroxyl groups is 1. The lowest BCUT2D eigenvalue weighted by Gasteiger charge is -2.30. The molecule has 0 aliphatic carbocycles. The first kappa shape index (κ1) is 24.5. The number of carbonyl (C=O) groups excluding carboxylic acids is 1. The van der Waals surface area contributed by atoms with Gasteiger partial charge in [-0.15, -0.1) is 0 Å². The highest BCUT2D eigenvalue weighted by Crippen LogP contribution is 2.04. The minimum Gasteiger partial charge on any atom is -0.481 e. The third-order valence-corrected chi connectivity index (χ3v) is 3.56. The second-order valence-corrected chi connectivity index (χ2v) is 5.84. The van der Waals surface area contributed by atoms with E-state index in [4.69, 9.17) is 20.1 Å². The van der Waals surface area contributed by atoms with Crippen molar-refractivity contribution in [2.75, 3.05) is 32.8 Å². The van der Waals surface area contributed by atoms with Crippen molar-refractivity contribution in [3.05, 3.63) is 12.2 Å². The summed E-state index contributed by atoms with van der Waals surface area (Å²) >= 11 is 0. The number of carboxylic acids is 3. The van der Waals surface area contributed by atoms with Crippen LogP contribution in [0.15, 0.2) is 12.2 Å². The van der Waals surface area contributed by atoms with Gasteiger partial charge in [-0.1, -0.05) is 6.58 Å². The fraction of sp³-hybridized carbons (Fsp3) is 0.625. The Bertz CT molecular complexity index is 550. The summed E-state index contributed by atoms with van der Waals surface area (Å²) in [7, 11) is 0. The maximum Gasteiger partial charge on any atom is 0.333 e.